The molecule has 1 fully saturated rings. The minimum Gasteiger partial charge on any atom is -0.487 e. The molecule has 3 heterocycles. The summed E-state index contributed by atoms with van der Waals surface area (Å²) in [4.78, 5) is 30.1. The Bertz CT molecular complexity index is 934. The average molecular weight is 411 g/mol. The molecule has 1 saturated heterocycles. The summed E-state index contributed by atoms with van der Waals surface area (Å²) in [7, 11) is 3.42. The number of aliphatic hydroxyl groups is 1. The number of aromatic nitrogens is 1. The molecule has 0 aliphatic carbocycles. The molecule has 2 amide bonds. The van der Waals surface area contributed by atoms with Crippen molar-refractivity contribution >= 4 is 17.5 Å². The molecule has 8 heteroatoms. The van der Waals surface area contributed by atoms with Crippen LogP contribution in [0.1, 0.15) is 34.7 Å². The van der Waals surface area contributed by atoms with Crippen molar-refractivity contribution in [1.29, 1.82) is 0 Å². The normalized spacial score (nSPS) is 24.4. The monoisotopic (exact) mass is 411 g/mol. The number of carbonyl (C=O) groups excluding carboxylic acids is 2. The summed E-state index contributed by atoms with van der Waals surface area (Å²) in [6, 6.07) is 8.92. The lowest BCUT2D eigenvalue weighted by molar-refractivity contribution is -0.147. The maximum atomic E-state index is 12.5. The smallest absolute Gasteiger partial charge is 0.257 e. The van der Waals surface area contributed by atoms with E-state index in [0.717, 1.165) is 5.56 Å². The van der Waals surface area contributed by atoms with Crippen molar-refractivity contribution in [2.45, 2.75) is 37.1 Å². The lowest BCUT2D eigenvalue weighted by Crippen LogP contribution is -2.47. The van der Waals surface area contributed by atoms with E-state index in [0.29, 0.717) is 23.4 Å². The van der Waals surface area contributed by atoms with E-state index in [9.17, 15) is 14.7 Å². The Kier molecular flexibility index (Phi) is 5.69. The molecular weight excluding hydrogens is 386 g/mol. The van der Waals surface area contributed by atoms with Crippen molar-refractivity contribution < 1.29 is 24.2 Å². The largest absolute Gasteiger partial charge is 0.487 e. The second kappa shape index (κ2) is 8.41. The van der Waals surface area contributed by atoms with Crippen LogP contribution in [0, 0.1) is 0 Å². The number of ether oxygens (including phenoxy) is 2. The van der Waals surface area contributed by atoms with Gasteiger partial charge in [-0.1, -0.05) is 0 Å². The van der Waals surface area contributed by atoms with Crippen LogP contribution in [0.4, 0.5) is 5.69 Å². The predicted octanol–water partition coefficient (Wildman–Crippen LogP) is 1.81. The van der Waals surface area contributed by atoms with Crippen LogP contribution in [0.25, 0.3) is 0 Å². The van der Waals surface area contributed by atoms with Crippen LogP contribution in [0.3, 0.4) is 0 Å². The van der Waals surface area contributed by atoms with Gasteiger partial charge in [-0.3, -0.25) is 14.6 Å². The zero-order valence-corrected chi connectivity index (χ0v) is 16.9. The molecule has 8 nitrogen and oxygen atoms in total. The number of nitrogens with one attached hydrogen (secondary N) is 1. The SMILES string of the molecule is CN(C)C(=O)C[C@H]1C[C@H]2c3cc(NC(=O)c4cccnc4)ccc3O[C@H]2[C@@H](CO)O1. The molecule has 2 aliphatic heterocycles. The van der Waals surface area contributed by atoms with Crippen LogP contribution < -0.4 is 10.1 Å². The molecule has 2 aromatic rings. The fourth-order valence-electron chi connectivity index (χ4n) is 4.04. The highest BCUT2D eigenvalue weighted by Gasteiger charge is 2.46. The van der Waals surface area contributed by atoms with E-state index in [4.69, 9.17) is 9.47 Å². The number of carbonyl (C=O) groups is 2. The standard InChI is InChI=1S/C22H25N3O5/c1-25(2)20(27)10-15-9-17-16-8-14(24-22(28)13-4-3-7-23-11-13)5-6-18(16)30-21(17)19(12-26)29-15/h3-8,11,15,17,19,21,26H,9-10,12H2,1-2H3,(H,24,28)/t15-,17+,19-,21-/m1/s1. The van der Waals surface area contributed by atoms with Crippen LogP contribution >= 0.6 is 0 Å². The molecule has 30 heavy (non-hydrogen) atoms. The lowest BCUT2D eigenvalue weighted by atomic mass is 9.84. The molecule has 2 aliphatic rings. The molecular formula is C22H25N3O5. The van der Waals surface area contributed by atoms with E-state index in [1.54, 1.807) is 38.5 Å². The summed E-state index contributed by atoms with van der Waals surface area (Å²) in [5.74, 6) is 0.423. The maximum Gasteiger partial charge on any atom is 0.257 e. The molecule has 0 radical (unpaired) electrons. The number of rotatable bonds is 5. The van der Waals surface area contributed by atoms with E-state index in [1.807, 2.05) is 12.1 Å². The summed E-state index contributed by atoms with van der Waals surface area (Å²) < 4.78 is 12.0. The van der Waals surface area contributed by atoms with E-state index in [1.165, 1.54) is 11.1 Å². The number of benzene rings is 1. The average Bonchev–Trinajstić information content (AvgIpc) is 3.11. The molecule has 0 unspecified atom stereocenters. The Morgan fingerprint density at radius 2 is 2.13 bits per heavy atom. The van der Waals surface area contributed by atoms with Gasteiger partial charge < -0.3 is 24.8 Å². The van der Waals surface area contributed by atoms with Gasteiger partial charge in [-0.15, -0.1) is 0 Å². The highest BCUT2D eigenvalue weighted by Crippen LogP contribution is 2.47. The summed E-state index contributed by atoms with van der Waals surface area (Å²) in [6.07, 6.45) is 2.85. The maximum absolute atomic E-state index is 12.5. The number of pyridine rings is 1. The van der Waals surface area contributed by atoms with Gasteiger partial charge in [0.05, 0.1) is 24.7 Å². The third-order valence-corrected chi connectivity index (χ3v) is 5.58. The molecule has 0 saturated carbocycles. The number of hydrogen-bond donors (Lipinski definition) is 2. The predicted molar refractivity (Wildman–Crippen MR) is 109 cm³/mol. The van der Waals surface area contributed by atoms with Gasteiger partial charge in [-0.25, -0.2) is 0 Å². The number of amides is 2. The first-order chi connectivity index (χ1) is 14.5. The van der Waals surface area contributed by atoms with Gasteiger partial charge in [0.1, 0.15) is 18.0 Å². The summed E-state index contributed by atoms with van der Waals surface area (Å²) in [5, 5.41) is 12.7. The van der Waals surface area contributed by atoms with E-state index in [-0.39, 0.29) is 43.0 Å². The topological polar surface area (TPSA) is 101 Å². The summed E-state index contributed by atoms with van der Waals surface area (Å²) in [5.41, 5.74) is 2.08. The highest BCUT2D eigenvalue weighted by molar-refractivity contribution is 6.04. The Hall–Kier alpha value is -2.97. The highest BCUT2D eigenvalue weighted by atomic mass is 16.6. The number of anilines is 1. The number of fused-ring (bicyclic) bond motifs is 3. The lowest BCUT2D eigenvalue weighted by Gasteiger charge is -2.37. The number of nitrogens with zero attached hydrogens (tertiary/aromatic N) is 2. The molecule has 0 bridgehead atoms. The Labute approximate surface area is 174 Å². The first-order valence-electron chi connectivity index (χ1n) is 9.94. The summed E-state index contributed by atoms with van der Waals surface area (Å²) >= 11 is 0. The Balaban J connectivity index is 1.54. The van der Waals surface area contributed by atoms with Gasteiger partial charge in [0.2, 0.25) is 5.91 Å². The first kappa shape index (κ1) is 20.3. The van der Waals surface area contributed by atoms with Crippen LogP contribution in [0.15, 0.2) is 42.7 Å². The van der Waals surface area contributed by atoms with Crippen molar-refractivity contribution in [3.8, 4) is 5.75 Å². The first-order valence-corrected chi connectivity index (χ1v) is 9.94. The second-order valence-electron chi connectivity index (χ2n) is 7.84. The fraction of sp³-hybridized carbons (Fsp3) is 0.409. The van der Waals surface area contributed by atoms with Gasteiger partial charge in [0, 0.05) is 43.7 Å². The van der Waals surface area contributed by atoms with Crippen molar-refractivity contribution in [3.05, 3.63) is 53.9 Å². The van der Waals surface area contributed by atoms with E-state index in [2.05, 4.69) is 10.3 Å². The van der Waals surface area contributed by atoms with Crippen molar-refractivity contribution in [2.24, 2.45) is 0 Å². The van der Waals surface area contributed by atoms with Crippen LogP contribution in [-0.2, 0) is 9.53 Å². The van der Waals surface area contributed by atoms with Crippen LogP contribution in [-0.4, -0.2) is 65.8 Å². The quantitative estimate of drug-likeness (QED) is 0.778. The second-order valence-corrected chi connectivity index (χ2v) is 7.84. The van der Waals surface area contributed by atoms with Crippen LogP contribution in [0.5, 0.6) is 5.75 Å². The number of hydrogen-bond acceptors (Lipinski definition) is 6. The zero-order chi connectivity index (χ0) is 21.3. The fourth-order valence-corrected chi connectivity index (χ4v) is 4.04. The Morgan fingerprint density at radius 1 is 1.30 bits per heavy atom. The van der Waals surface area contributed by atoms with Crippen molar-refractivity contribution in [2.75, 3.05) is 26.0 Å². The molecule has 0 spiro atoms. The van der Waals surface area contributed by atoms with Gasteiger partial charge in [-0.2, -0.15) is 0 Å². The van der Waals surface area contributed by atoms with Crippen molar-refractivity contribution in [1.82, 2.24) is 9.88 Å². The van der Waals surface area contributed by atoms with Gasteiger partial charge in [0.25, 0.3) is 5.91 Å². The van der Waals surface area contributed by atoms with Crippen molar-refractivity contribution in [3.63, 3.8) is 0 Å². The minimum atomic E-state index is -0.510. The molecule has 1 aromatic heterocycles. The molecule has 158 valence electrons. The third kappa shape index (κ3) is 4.01. The van der Waals surface area contributed by atoms with Gasteiger partial charge in [0.15, 0.2) is 0 Å². The van der Waals surface area contributed by atoms with Gasteiger partial charge in [-0.05, 0) is 36.8 Å². The Morgan fingerprint density at radius 3 is 2.83 bits per heavy atom. The van der Waals surface area contributed by atoms with Crippen LogP contribution in [0.2, 0.25) is 0 Å². The molecule has 4 rings (SSSR count). The van der Waals surface area contributed by atoms with E-state index >= 15 is 0 Å². The molecule has 1 aromatic carbocycles. The minimum absolute atomic E-state index is 0.0215. The summed E-state index contributed by atoms with van der Waals surface area (Å²) in [6.45, 7) is -0.188. The zero-order valence-electron chi connectivity index (χ0n) is 16.9. The van der Waals surface area contributed by atoms with E-state index < -0.39 is 6.10 Å². The molecule has 4 atom stereocenters. The molecule has 2 N–H and O–H groups in total. The third-order valence-electron chi connectivity index (χ3n) is 5.58. The number of aliphatic hydroxyl groups excluding tert-OH is 1. The van der Waals surface area contributed by atoms with Gasteiger partial charge >= 0.3 is 0 Å².